The average molecular weight is 168 g/mol. The SMILES string of the molecule is CPc1cc(C)c(O)cc1C. The molecular weight excluding hydrogens is 155 g/mol. The van der Waals surface area contributed by atoms with E-state index in [1.807, 2.05) is 19.9 Å². The Morgan fingerprint density at radius 1 is 1.18 bits per heavy atom. The molecule has 60 valence electrons. The molecular formula is C9H13OP. The fraction of sp³-hybridized carbons (Fsp3) is 0.333. The van der Waals surface area contributed by atoms with Gasteiger partial charge in [-0.05, 0) is 49.1 Å². The van der Waals surface area contributed by atoms with Gasteiger partial charge in [-0.3, -0.25) is 0 Å². The number of hydrogen-bond acceptors (Lipinski definition) is 1. The summed E-state index contributed by atoms with van der Waals surface area (Å²) >= 11 is 0. The molecule has 0 spiro atoms. The molecule has 11 heavy (non-hydrogen) atoms. The minimum atomic E-state index is 0.407. The van der Waals surface area contributed by atoms with Gasteiger partial charge >= 0.3 is 0 Å². The minimum absolute atomic E-state index is 0.407. The highest BCUT2D eigenvalue weighted by molar-refractivity contribution is 7.46. The van der Waals surface area contributed by atoms with E-state index in [0.29, 0.717) is 5.75 Å². The van der Waals surface area contributed by atoms with E-state index in [0.717, 1.165) is 14.1 Å². The van der Waals surface area contributed by atoms with Crippen LogP contribution in [0.4, 0.5) is 0 Å². The Kier molecular flexibility index (Phi) is 2.51. The highest BCUT2D eigenvalue weighted by atomic mass is 31.1. The quantitative estimate of drug-likeness (QED) is 0.635. The number of hydrogen-bond donors (Lipinski definition) is 1. The fourth-order valence-corrected chi connectivity index (χ4v) is 1.90. The van der Waals surface area contributed by atoms with Crippen LogP contribution in [-0.4, -0.2) is 11.8 Å². The smallest absolute Gasteiger partial charge is 0.118 e. The van der Waals surface area contributed by atoms with Gasteiger partial charge in [0.2, 0.25) is 0 Å². The second-order valence-electron chi connectivity index (χ2n) is 2.70. The Labute approximate surface area is 69.2 Å². The lowest BCUT2D eigenvalue weighted by Crippen LogP contribution is -1.99. The molecule has 0 bridgehead atoms. The summed E-state index contributed by atoms with van der Waals surface area (Å²) in [6, 6.07) is 3.89. The van der Waals surface area contributed by atoms with Crippen LogP contribution >= 0.6 is 8.58 Å². The number of benzene rings is 1. The molecule has 0 heterocycles. The molecule has 2 heteroatoms. The van der Waals surface area contributed by atoms with Crippen LogP contribution in [0.1, 0.15) is 11.1 Å². The molecule has 1 atom stereocenters. The van der Waals surface area contributed by atoms with Gasteiger partial charge < -0.3 is 5.11 Å². The number of phenols is 1. The Bertz CT molecular complexity index is 269. The van der Waals surface area contributed by atoms with E-state index in [1.54, 1.807) is 0 Å². The molecule has 1 N–H and O–H groups in total. The Balaban J connectivity index is 3.21. The van der Waals surface area contributed by atoms with Crippen LogP contribution in [0.3, 0.4) is 0 Å². The van der Waals surface area contributed by atoms with Crippen LogP contribution in [0.25, 0.3) is 0 Å². The van der Waals surface area contributed by atoms with E-state index >= 15 is 0 Å². The molecule has 0 aliphatic rings. The summed E-state index contributed by atoms with van der Waals surface area (Å²) in [5.74, 6) is 0.407. The van der Waals surface area contributed by atoms with Crippen molar-refractivity contribution in [2.24, 2.45) is 0 Å². The van der Waals surface area contributed by atoms with Crippen molar-refractivity contribution in [2.45, 2.75) is 13.8 Å². The zero-order valence-corrected chi connectivity index (χ0v) is 8.10. The third-order valence-electron chi connectivity index (χ3n) is 1.81. The molecule has 0 aliphatic carbocycles. The molecule has 0 saturated carbocycles. The van der Waals surface area contributed by atoms with Crippen LogP contribution < -0.4 is 5.30 Å². The summed E-state index contributed by atoms with van der Waals surface area (Å²) in [5.41, 5.74) is 2.16. The fourth-order valence-electron chi connectivity index (χ4n) is 1.07. The maximum atomic E-state index is 9.32. The van der Waals surface area contributed by atoms with Gasteiger partial charge in [0.25, 0.3) is 0 Å². The lowest BCUT2D eigenvalue weighted by atomic mass is 10.1. The Morgan fingerprint density at radius 2 is 1.82 bits per heavy atom. The van der Waals surface area contributed by atoms with Gasteiger partial charge in [0.15, 0.2) is 0 Å². The van der Waals surface area contributed by atoms with E-state index in [4.69, 9.17) is 0 Å². The standard InChI is InChI=1S/C9H13OP/c1-6-5-9(11-3)7(2)4-8(6)10/h4-5,10-11H,1-3H3. The van der Waals surface area contributed by atoms with Crippen molar-refractivity contribution in [1.29, 1.82) is 0 Å². The largest absolute Gasteiger partial charge is 0.508 e. The lowest BCUT2D eigenvalue weighted by Gasteiger charge is -2.05. The van der Waals surface area contributed by atoms with Crippen LogP contribution in [0.5, 0.6) is 5.75 Å². The predicted molar refractivity (Wildman–Crippen MR) is 51.5 cm³/mol. The molecule has 1 rings (SSSR count). The molecule has 0 aliphatic heterocycles. The van der Waals surface area contributed by atoms with E-state index in [2.05, 4.69) is 12.7 Å². The van der Waals surface area contributed by atoms with Crippen molar-refractivity contribution < 1.29 is 5.11 Å². The van der Waals surface area contributed by atoms with Crippen molar-refractivity contribution in [3.05, 3.63) is 23.3 Å². The number of aryl methyl sites for hydroxylation is 2. The summed E-state index contributed by atoms with van der Waals surface area (Å²) in [5, 5.41) is 10.7. The molecule has 1 aromatic rings. The molecule has 0 saturated heterocycles. The molecule has 0 aromatic heterocycles. The van der Waals surface area contributed by atoms with Crippen LogP contribution in [0.2, 0.25) is 0 Å². The zero-order chi connectivity index (χ0) is 8.43. The second kappa shape index (κ2) is 3.23. The predicted octanol–water partition coefficient (Wildman–Crippen LogP) is 1.94. The third-order valence-corrected chi connectivity index (χ3v) is 2.89. The van der Waals surface area contributed by atoms with Gasteiger partial charge in [0.05, 0.1) is 0 Å². The first-order valence-corrected chi connectivity index (χ1v) is 5.13. The molecule has 0 radical (unpaired) electrons. The van der Waals surface area contributed by atoms with Gasteiger partial charge in [0, 0.05) is 0 Å². The maximum absolute atomic E-state index is 9.32. The van der Waals surface area contributed by atoms with Crippen LogP contribution in [0.15, 0.2) is 12.1 Å². The minimum Gasteiger partial charge on any atom is -0.508 e. The number of rotatable bonds is 1. The van der Waals surface area contributed by atoms with E-state index in [1.165, 1.54) is 10.9 Å². The molecule has 1 unspecified atom stereocenters. The summed E-state index contributed by atoms with van der Waals surface area (Å²) in [6.07, 6.45) is 0. The highest BCUT2D eigenvalue weighted by Crippen LogP contribution is 2.19. The second-order valence-corrected chi connectivity index (χ2v) is 3.74. The van der Waals surface area contributed by atoms with Crippen molar-refractivity contribution in [1.82, 2.24) is 0 Å². The summed E-state index contributed by atoms with van der Waals surface area (Å²) in [6.45, 7) is 6.11. The van der Waals surface area contributed by atoms with Gasteiger partial charge in [-0.25, -0.2) is 0 Å². The number of aromatic hydroxyl groups is 1. The van der Waals surface area contributed by atoms with Crippen molar-refractivity contribution >= 4 is 13.9 Å². The van der Waals surface area contributed by atoms with Gasteiger partial charge in [-0.2, -0.15) is 0 Å². The van der Waals surface area contributed by atoms with E-state index in [-0.39, 0.29) is 0 Å². The van der Waals surface area contributed by atoms with E-state index < -0.39 is 0 Å². The zero-order valence-electron chi connectivity index (χ0n) is 7.10. The van der Waals surface area contributed by atoms with Crippen molar-refractivity contribution in [3.8, 4) is 5.75 Å². The van der Waals surface area contributed by atoms with E-state index in [9.17, 15) is 5.11 Å². The Hall–Kier alpha value is -0.550. The van der Waals surface area contributed by atoms with Crippen molar-refractivity contribution in [2.75, 3.05) is 6.66 Å². The number of phenolic OH excluding ortho intramolecular Hbond substituents is 1. The first-order chi connectivity index (χ1) is 5.15. The first-order valence-electron chi connectivity index (χ1n) is 3.63. The van der Waals surface area contributed by atoms with Gasteiger partial charge in [-0.1, -0.05) is 8.58 Å². The third kappa shape index (κ3) is 1.72. The average Bonchev–Trinajstić information content (AvgIpc) is 1.97. The van der Waals surface area contributed by atoms with Gasteiger partial charge in [0.1, 0.15) is 5.75 Å². The Morgan fingerprint density at radius 3 is 2.36 bits per heavy atom. The monoisotopic (exact) mass is 168 g/mol. The normalized spacial score (nSPS) is 11.2. The summed E-state index contributed by atoms with van der Waals surface area (Å²) < 4.78 is 0. The topological polar surface area (TPSA) is 20.2 Å². The van der Waals surface area contributed by atoms with Gasteiger partial charge in [-0.15, -0.1) is 0 Å². The summed E-state index contributed by atoms with van der Waals surface area (Å²) in [4.78, 5) is 0. The molecule has 0 amide bonds. The maximum Gasteiger partial charge on any atom is 0.118 e. The van der Waals surface area contributed by atoms with Crippen molar-refractivity contribution in [3.63, 3.8) is 0 Å². The molecule has 0 fully saturated rings. The highest BCUT2D eigenvalue weighted by Gasteiger charge is 2.00. The van der Waals surface area contributed by atoms with Crippen LogP contribution in [0, 0.1) is 13.8 Å². The summed E-state index contributed by atoms with van der Waals surface area (Å²) in [7, 11) is 0.811. The first kappa shape index (κ1) is 8.55. The molecule has 1 nitrogen and oxygen atoms in total. The molecule has 1 aromatic carbocycles. The van der Waals surface area contributed by atoms with Crippen LogP contribution in [-0.2, 0) is 0 Å². The lowest BCUT2D eigenvalue weighted by molar-refractivity contribution is 0.471.